The third kappa shape index (κ3) is 6.20. The minimum Gasteiger partial charge on any atom is -0.355 e. The molecule has 1 unspecified atom stereocenters. The van der Waals surface area contributed by atoms with E-state index in [2.05, 4.69) is 40.3 Å². The van der Waals surface area contributed by atoms with Crippen molar-refractivity contribution in [1.29, 1.82) is 0 Å². The lowest BCUT2D eigenvalue weighted by atomic mass is 10.1. The van der Waals surface area contributed by atoms with Crippen LogP contribution < -0.4 is 5.32 Å². The van der Waals surface area contributed by atoms with Gasteiger partial charge in [-0.2, -0.15) is 0 Å². The van der Waals surface area contributed by atoms with Gasteiger partial charge in [-0.1, -0.05) is 72.4 Å². The lowest BCUT2D eigenvalue weighted by Crippen LogP contribution is -2.26. The maximum atomic E-state index is 11.6. The number of benzene rings is 1. The molecule has 0 aliphatic heterocycles. The highest BCUT2D eigenvalue weighted by Gasteiger charge is 2.08. The first-order chi connectivity index (χ1) is 8.74. The quantitative estimate of drug-likeness (QED) is 0.565. The van der Waals surface area contributed by atoms with Gasteiger partial charge in [-0.05, 0) is 12.0 Å². The number of hydrogen-bond donors (Lipinski definition) is 1. The first kappa shape index (κ1) is 15.2. The molecule has 0 aromatic heterocycles. The number of amides is 1. The molecule has 1 aromatic rings. The zero-order valence-corrected chi connectivity index (χ0v) is 12.6. The van der Waals surface area contributed by atoms with E-state index in [1.165, 1.54) is 18.4 Å². The minimum atomic E-state index is 0.159. The van der Waals surface area contributed by atoms with Gasteiger partial charge < -0.3 is 5.32 Å². The molecule has 0 heterocycles. The molecule has 1 rings (SSSR count). The first-order valence-electron chi connectivity index (χ1n) is 6.69. The summed E-state index contributed by atoms with van der Waals surface area (Å²) in [6.07, 6.45) is 5.23. The molecule has 0 bridgehead atoms. The standard InChI is InChI=1S/C15H22BrNO/c1-2-3-4-8-11-15(18)17-12-14(16)13-9-6-5-7-10-13/h5-7,9-10,14H,2-4,8,11-12H2,1H3,(H,17,18). The van der Waals surface area contributed by atoms with Crippen LogP contribution in [0.25, 0.3) is 0 Å². The van der Waals surface area contributed by atoms with Gasteiger partial charge in [0.25, 0.3) is 0 Å². The van der Waals surface area contributed by atoms with Crippen molar-refractivity contribution in [1.82, 2.24) is 5.32 Å². The molecular weight excluding hydrogens is 290 g/mol. The number of nitrogens with one attached hydrogen (secondary N) is 1. The van der Waals surface area contributed by atoms with Gasteiger partial charge >= 0.3 is 0 Å². The Hall–Kier alpha value is -0.830. The smallest absolute Gasteiger partial charge is 0.220 e. The van der Waals surface area contributed by atoms with Crippen molar-refractivity contribution >= 4 is 21.8 Å². The van der Waals surface area contributed by atoms with Crippen LogP contribution in [-0.2, 0) is 4.79 Å². The molecule has 100 valence electrons. The fraction of sp³-hybridized carbons (Fsp3) is 0.533. The molecule has 0 fully saturated rings. The molecule has 3 heteroatoms. The number of rotatable bonds is 8. The first-order valence-corrected chi connectivity index (χ1v) is 7.61. The Morgan fingerprint density at radius 1 is 1.22 bits per heavy atom. The van der Waals surface area contributed by atoms with Crippen molar-refractivity contribution in [2.75, 3.05) is 6.54 Å². The summed E-state index contributed by atoms with van der Waals surface area (Å²) in [6, 6.07) is 10.1. The van der Waals surface area contributed by atoms with Crippen LogP contribution in [0.1, 0.15) is 49.4 Å². The van der Waals surface area contributed by atoms with Crippen LogP contribution in [0, 0.1) is 0 Å². The van der Waals surface area contributed by atoms with Gasteiger partial charge in [-0.3, -0.25) is 4.79 Å². The van der Waals surface area contributed by atoms with Crippen molar-refractivity contribution in [2.45, 2.75) is 43.9 Å². The van der Waals surface area contributed by atoms with Crippen molar-refractivity contribution < 1.29 is 4.79 Å². The Morgan fingerprint density at radius 2 is 1.94 bits per heavy atom. The topological polar surface area (TPSA) is 29.1 Å². The zero-order chi connectivity index (χ0) is 13.2. The summed E-state index contributed by atoms with van der Waals surface area (Å²) >= 11 is 3.59. The number of carbonyl (C=O) groups excluding carboxylic acids is 1. The van der Waals surface area contributed by atoms with Gasteiger partial charge in [-0.15, -0.1) is 0 Å². The second-order valence-electron chi connectivity index (χ2n) is 4.49. The summed E-state index contributed by atoms with van der Waals surface area (Å²) in [6.45, 7) is 2.83. The summed E-state index contributed by atoms with van der Waals surface area (Å²) < 4.78 is 0. The second-order valence-corrected chi connectivity index (χ2v) is 5.60. The Kier molecular flexibility index (Phi) is 7.74. The lowest BCUT2D eigenvalue weighted by molar-refractivity contribution is -0.121. The largest absolute Gasteiger partial charge is 0.355 e. The summed E-state index contributed by atoms with van der Waals surface area (Å²) in [5.74, 6) is 0.159. The second kappa shape index (κ2) is 9.15. The molecule has 0 radical (unpaired) electrons. The Morgan fingerprint density at radius 3 is 2.61 bits per heavy atom. The van der Waals surface area contributed by atoms with E-state index in [0.717, 1.165) is 12.8 Å². The fourth-order valence-corrected chi connectivity index (χ4v) is 2.25. The van der Waals surface area contributed by atoms with Crippen molar-refractivity contribution in [3.05, 3.63) is 35.9 Å². The fourth-order valence-electron chi connectivity index (χ4n) is 1.78. The Labute approximate surface area is 118 Å². The van der Waals surface area contributed by atoms with Crippen molar-refractivity contribution in [3.63, 3.8) is 0 Å². The van der Waals surface area contributed by atoms with Gasteiger partial charge in [0.15, 0.2) is 0 Å². The normalized spacial score (nSPS) is 12.1. The van der Waals surface area contributed by atoms with Crippen LogP contribution in [0.3, 0.4) is 0 Å². The van der Waals surface area contributed by atoms with Gasteiger partial charge in [-0.25, -0.2) is 0 Å². The molecule has 1 N–H and O–H groups in total. The molecule has 1 aromatic carbocycles. The number of hydrogen-bond acceptors (Lipinski definition) is 1. The van der Waals surface area contributed by atoms with E-state index >= 15 is 0 Å². The summed E-state index contributed by atoms with van der Waals surface area (Å²) in [7, 11) is 0. The molecule has 2 nitrogen and oxygen atoms in total. The van der Waals surface area contributed by atoms with Crippen LogP contribution >= 0.6 is 15.9 Å². The van der Waals surface area contributed by atoms with Crippen LogP contribution in [0.2, 0.25) is 0 Å². The number of unbranched alkanes of at least 4 members (excludes halogenated alkanes) is 3. The molecular formula is C15H22BrNO. The average molecular weight is 312 g/mol. The van der Waals surface area contributed by atoms with E-state index < -0.39 is 0 Å². The molecule has 1 atom stereocenters. The lowest BCUT2D eigenvalue weighted by Gasteiger charge is -2.11. The third-order valence-electron chi connectivity index (χ3n) is 2.90. The molecule has 0 saturated heterocycles. The Bertz CT molecular complexity index is 340. The highest BCUT2D eigenvalue weighted by molar-refractivity contribution is 9.09. The maximum Gasteiger partial charge on any atom is 0.220 e. The van der Waals surface area contributed by atoms with E-state index in [9.17, 15) is 4.79 Å². The van der Waals surface area contributed by atoms with Crippen LogP contribution in [-0.4, -0.2) is 12.5 Å². The van der Waals surface area contributed by atoms with E-state index in [1.54, 1.807) is 0 Å². The molecule has 1 amide bonds. The highest BCUT2D eigenvalue weighted by atomic mass is 79.9. The van der Waals surface area contributed by atoms with Crippen LogP contribution in [0.4, 0.5) is 0 Å². The van der Waals surface area contributed by atoms with Crippen molar-refractivity contribution in [2.24, 2.45) is 0 Å². The van der Waals surface area contributed by atoms with E-state index in [0.29, 0.717) is 13.0 Å². The minimum absolute atomic E-state index is 0.159. The van der Waals surface area contributed by atoms with Gasteiger partial charge in [0.05, 0.1) is 4.83 Å². The number of alkyl halides is 1. The van der Waals surface area contributed by atoms with E-state index in [4.69, 9.17) is 0 Å². The SMILES string of the molecule is CCCCCCC(=O)NCC(Br)c1ccccc1. The summed E-state index contributed by atoms with van der Waals surface area (Å²) in [4.78, 5) is 11.8. The van der Waals surface area contributed by atoms with Gasteiger partial charge in [0.1, 0.15) is 0 Å². The molecule has 0 aliphatic carbocycles. The van der Waals surface area contributed by atoms with E-state index in [-0.39, 0.29) is 10.7 Å². The number of halogens is 1. The Balaban J connectivity index is 2.18. The molecule has 0 aliphatic rings. The molecule has 0 spiro atoms. The summed E-state index contributed by atoms with van der Waals surface area (Å²) in [5.41, 5.74) is 1.20. The molecule has 18 heavy (non-hydrogen) atoms. The molecule has 0 saturated carbocycles. The average Bonchev–Trinajstić information content (AvgIpc) is 2.42. The van der Waals surface area contributed by atoms with Gasteiger partial charge in [0.2, 0.25) is 5.91 Å². The zero-order valence-electron chi connectivity index (χ0n) is 11.0. The third-order valence-corrected chi connectivity index (χ3v) is 3.75. The maximum absolute atomic E-state index is 11.6. The monoisotopic (exact) mass is 311 g/mol. The predicted molar refractivity (Wildman–Crippen MR) is 79.9 cm³/mol. The van der Waals surface area contributed by atoms with Crippen LogP contribution in [0.5, 0.6) is 0 Å². The predicted octanol–water partition coefficient (Wildman–Crippen LogP) is 4.21. The van der Waals surface area contributed by atoms with Gasteiger partial charge in [0, 0.05) is 13.0 Å². The highest BCUT2D eigenvalue weighted by Crippen LogP contribution is 2.20. The number of carbonyl (C=O) groups is 1. The summed E-state index contributed by atoms with van der Waals surface area (Å²) in [5, 5.41) is 2.97. The van der Waals surface area contributed by atoms with Crippen LogP contribution in [0.15, 0.2) is 30.3 Å². The van der Waals surface area contributed by atoms with Crippen molar-refractivity contribution in [3.8, 4) is 0 Å². The van der Waals surface area contributed by atoms with E-state index in [1.807, 2.05) is 18.2 Å².